The minimum absolute atomic E-state index is 0. The average Bonchev–Trinajstić information content (AvgIpc) is 3.32. The number of piperidine rings is 1. The van der Waals surface area contributed by atoms with Crippen LogP contribution in [0.3, 0.4) is 0 Å². The lowest BCUT2D eigenvalue weighted by Gasteiger charge is -2.39. The highest BCUT2D eigenvalue weighted by Crippen LogP contribution is 2.33. The van der Waals surface area contributed by atoms with E-state index in [-0.39, 0.29) is 35.5 Å². The van der Waals surface area contributed by atoms with Crippen LogP contribution in [0.2, 0.25) is 0 Å². The molecule has 2 unspecified atom stereocenters. The van der Waals surface area contributed by atoms with E-state index in [9.17, 15) is 13.2 Å². The van der Waals surface area contributed by atoms with Crippen molar-refractivity contribution in [1.82, 2.24) is 9.62 Å². The Morgan fingerprint density at radius 3 is 2.29 bits per heavy atom. The molecule has 2 atom stereocenters. The second kappa shape index (κ2) is 7.48. The Morgan fingerprint density at radius 2 is 1.75 bits per heavy atom. The lowest BCUT2D eigenvalue weighted by molar-refractivity contribution is -0.129. The Labute approximate surface area is 151 Å². The van der Waals surface area contributed by atoms with Gasteiger partial charge in [-0.3, -0.25) is 4.79 Å². The van der Waals surface area contributed by atoms with Gasteiger partial charge >= 0.3 is 0 Å². The maximum atomic E-state index is 12.6. The largest absolute Gasteiger partial charge is 0.353 e. The number of amides is 1. The molecule has 3 N–H and O–H groups in total. The summed E-state index contributed by atoms with van der Waals surface area (Å²) in [4.78, 5) is 12.6. The molecule has 8 heteroatoms. The zero-order chi connectivity index (χ0) is 16.7. The highest BCUT2D eigenvalue weighted by atomic mass is 35.5. The smallest absolute Gasteiger partial charge is 0.225 e. The van der Waals surface area contributed by atoms with Gasteiger partial charge in [0.2, 0.25) is 15.9 Å². The second-order valence-electron chi connectivity index (χ2n) is 7.73. The summed E-state index contributed by atoms with van der Waals surface area (Å²) in [5, 5.41) is 2.98. The van der Waals surface area contributed by atoms with Crippen molar-refractivity contribution in [1.29, 1.82) is 0 Å². The van der Waals surface area contributed by atoms with Gasteiger partial charge in [0.1, 0.15) is 0 Å². The Morgan fingerprint density at radius 1 is 1.12 bits per heavy atom. The van der Waals surface area contributed by atoms with Gasteiger partial charge in [-0.05, 0) is 45.4 Å². The van der Waals surface area contributed by atoms with E-state index in [1.807, 2.05) is 6.92 Å². The molecule has 1 amide bonds. The molecule has 2 saturated carbocycles. The molecule has 0 bridgehead atoms. The highest BCUT2D eigenvalue weighted by molar-refractivity contribution is 7.90. The number of nitrogens with two attached hydrogens (primary N) is 1. The Bertz CT molecular complexity index is 555. The van der Waals surface area contributed by atoms with Crippen LogP contribution in [0, 0.1) is 5.92 Å². The minimum Gasteiger partial charge on any atom is -0.353 e. The van der Waals surface area contributed by atoms with Crippen LogP contribution in [0.15, 0.2) is 0 Å². The number of nitrogens with one attached hydrogen (secondary N) is 1. The third kappa shape index (κ3) is 4.23. The van der Waals surface area contributed by atoms with Gasteiger partial charge in [-0.15, -0.1) is 12.4 Å². The first-order valence-corrected chi connectivity index (χ1v) is 10.4. The SMILES string of the molecule is CC1(N)CCCCC1C(=O)NC1CCN(S(=O)(=O)C2CC2)CC1.Cl. The fraction of sp³-hybridized carbons (Fsp3) is 0.938. The van der Waals surface area contributed by atoms with Gasteiger partial charge in [0.25, 0.3) is 0 Å². The van der Waals surface area contributed by atoms with Crippen LogP contribution in [0.25, 0.3) is 0 Å². The van der Waals surface area contributed by atoms with E-state index in [0.29, 0.717) is 25.9 Å². The normalized spacial score (nSPS) is 32.8. The van der Waals surface area contributed by atoms with E-state index in [4.69, 9.17) is 5.73 Å². The maximum Gasteiger partial charge on any atom is 0.225 e. The van der Waals surface area contributed by atoms with Gasteiger partial charge in [0.15, 0.2) is 0 Å². The molecule has 0 aromatic heterocycles. The van der Waals surface area contributed by atoms with Gasteiger partial charge in [0.05, 0.1) is 11.2 Å². The zero-order valence-corrected chi connectivity index (χ0v) is 16.0. The summed E-state index contributed by atoms with van der Waals surface area (Å²) >= 11 is 0. The van der Waals surface area contributed by atoms with Crippen LogP contribution in [0.4, 0.5) is 0 Å². The van der Waals surface area contributed by atoms with Gasteiger partial charge in [0, 0.05) is 24.7 Å². The monoisotopic (exact) mass is 379 g/mol. The molecule has 140 valence electrons. The number of carbonyl (C=O) groups is 1. The van der Waals surface area contributed by atoms with E-state index in [1.165, 1.54) is 0 Å². The molecular weight excluding hydrogens is 350 g/mol. The van der Waals surface area contributed by atoms with Crippen molar-refractivity contribution in [2.24, 2.45) is 11.7 Å². The summed E-state index contributed by atoms with van der Waals surface area (Å²) in [7, 11) is -3.08. The van der Waals surface area contributed by atoms with Crippen molar-refractivity contribution in [2.75, 3.05) is 13.1 Å². The second-order valence-corrected chi connectivity index (χ2v) is 9.94. The molecule has 3 rings (SSSR count). The fourth-order valence-electron chi connectivity index (χ4n) is 3.92. The Hall–Kier alpha value is -0.370. The first-order valence-electron chi connectivity index (χ1n) is 8.89. The number of halogens is 1. The van der Waals surface area contributed by atoms with Crippen LogP contribution >= 0.6 is 12.4 Å². The molecule has 0 radical (unpaired) electrons. The minimum atomic E-state index is -3.08. The fourth-order valence-corrected chi connectivity index (χ4v) is 5.80. The summed E-state index contributed by atoms with van der Waals surface area (Å²) in [6, 6.07) is 0.0749. The summed E-state index contributed by atoms with van der Waals surface area (Å²) in [6.45, 7) is 3.02. The summed E-state index contributed by atoms with van der Waals surface area (Å²) in [6.07, 6.45) is 6.90. The number of sulfonamides is 1. The standard InChI is InChI=1S/C16H29N3O3S.ClH/c1-16(17)9-3-2-4-14(16)15(20)18-12-7-10-19(11-8-12)23(21,22)13-5-6-13;/h12-14H,2-11,17H2,1H3,(H,18,20);1H. The Kier molecular flexibility index (Phi) is 6.21. The van der Waals surface area contributed by atoms with Crippen LogP contribution in [-0.2, 0) is 14.8 Å². The maximum absolute atomic E-state index is 12.6. The lowest BCUT2D eigenvalue weighted by atomic mass is 9.74. The van der Waals surface area contributed by atoms with Gasteiger partial charge in [-0.1, -0.05) is 12.8 Å². The number of carbonyl (C=O) groups excluding carboxylic acids is 1. The molecule has 6 nitrogen and oxygen atoms in total. The first-order chi connectivity index (χ1) is 10.8. The topological polar surface area (TPSA) is 92.5 Å². The molecule has 24 heavy (non-hydrogen) atoms. The Balaban J connectivity index is 0.00000208. The predicted molar refractivity (Wildman–Crippen MR) is 96.5 cm³/mol. The van der Waals surface area contributed by atoms with Crippen molar-refractivity contribution in [3.8, 4) is 0 Å². The van der Waals surface area contributed by atoms with E-state index >= 15 is 0 Å². The summed E-state index contributed by atoms with van der Waals surface area (Å²) in [5.74, 6) is -0.0670. The number of nitrogens with zero attached hydrogens (tertiary/aromatic N) is 1. The van der Waals surface area contributed by atoms with Crippen molar-refractivity contribution >= 4 is 28.3 Å². The highest BCUT2D eigenvalue weighted by Gasteiger charge is 2.42. The van der Waals surface area contributed by atoms with E-state index in [0.717, 1.165) is 38.5 Å². The van der Waals surface area contributed by atoms with Crippen molar-refractivity contribution in [2.45, 2.75) is 75.1 Å². The van der Waals surface area contributed by atoms with Crippen LogP contribution in [0.5, 0.6) is 0 Å². The van der Waals surface area contributed by atoms with Crippen LogP contribution < -0.4 is 11.1 Å². The van der Waals surface area contributed by atoms with Crippen LogP contribution in [0.1, 0.15) is 58.3 Å². The van der Waals surface area contributed by atoms with Gasteiger partial charge in [-0.25, -0.2) is 12.7 Å². The molecule has 2 aliphatic carbocycles. The first kappa shape index (κ1) is 19.9. The summed E-state index contributed by atoms with van der Waals surface area (Å²) in [5.41, 5.74) is 5.88. The molecular formula is C16H30ClN3O3S. The lowest BCUT2D eigenvalue weighted by Crippen LogP contribution is -2.55. The van der Waals surface area contributed by atoms with Gasteiger partial charge < -0.3 is 11.1 Å². The van der Waals surface area contributed by atoms with Crippen molar-refractivity contribution in [3.63, 3.8) is 0 Å². The molecule has 1 aliphatic heterocycles. The molecule has 1 saturated heterocycles. The van der Waals surface area contributed by atoms with E-state index in [2.05, 4.69) is 5.32 Å². The van der Waals surface area contributed by atoms with E-state index < -0.39 is 15.6 Å². The average molecular weight is 380 g/mol. The number of rotatable bonds is 4. The predicted octanol–water partition coefficient (Wildman–Crippen LogP) is 1.39. The molecule has 1 heterocycles. The third-order valence-corrected chi connectivity index (χ3v) is 8.08. The van der Waals surface area contributed by atoms with Gasteiger partial charge in [-0.2, -0.15) is 0 Å². The zero-order valence-electron chi connectivity index (χ0n) is 14.4. The molecule has 3 fully saturated rings. The van der Waals surface area contributed by atoms with Crippen molar-refractivity contribution < 1.29 is 13.2 Å². The third-order valence-electron chi connectivity index (χ3n) is 5.68. The molecule has 0 aromatic carbocycles. The summed E-state index contributed by atoms with van der Waals surface area (Å²) < 4.78 is 26.1. The number of hydrogen-bond donors (Lipinski definition) is 2. The molecule has 3 aliphatic rings. The quantitative estimate of drug-likeness (QED) is 0.771. The molecule has 0 aromatic rings. The number of hydrogen-bond acceptors (Lipinski definition) is 4. The van der Waals surface area contributed by atoms with Crippen LogP contribution in [-0.4, -0.2) is 48.6 Å². The van der Waals surface area contributed by atoms with E-state index in [1.54, 1.807) is 4.31 Å². The molecule has 0 spiro atoms. The van der Waals surface area contributed by atoms with Crippen molar-refractivity contribution in [3.05, 3.63) is 0 Å².